The van der Waals surface area contributed by atoms with Gasteiger partial charge in [-0.15, -0.1) is 0 Å². The normalized spacial score (nSPS) is 20.7. The molecule has 0 bridgehead atoms. The molecule has 0 aromatic heterocycles. The van der Waals surface area contributed by atoms with Crippen LogP contribution in [0, 0.1) is 28.1 Å². The molecule has 0 amide bonds. The highest BCUT2D eigenvalue weighted by Gasteiger charge is 2.39. The minimum absolute atomic E-state index is 0.0934. The van der Waals surface area contributed by atoms with E-state index < -0.39 is 0 Å². The van der Waals surface area contributed by atoms with Crippen molar-refractivity contribution in [2.45, 2.75) is 52.9 Å². The van der Waals surface area contributed by atoms with E-state index in [1.165, 1.54) is 16.8 Å². The van der Waals surface area contributed by atoms with Gasteiger partial charge in [0.1, 0.15) is 29.2 Å². The number of rotatable bonds is 2. The van der Waals surface area contributed by atoms with E-state index in [0.717, 1.165) is 31.5 Å². The lowest BCUT2D eigenvalue weighted by atomic mass is 9.71. The molecule has 4 heteroatoms. The molecule has 1 aromatic rings. The molecule has 0 spiro atoms. The van der Waals surface area contributed by atoms with Crippen LogP contribution >= 0.6 is 0 Å². The number of benzene rings is 1. The van der Waals surface area contributed by atoms with Crippen LogP contribution in [-0.4, -0.2) is 13.1 Å². The van der Waals surface area contributed by atoms with Gasteiger partial charge >= 0.3 is 0 Å². The Bertz CT molecular complexity index is 1130. The Morgan fingerprint density at radius 1 is 1.10 bits per heavy atom. The third-order valence-electron chi connectivity index (χ3n) is 6.44. The van der Waals surface area contributed by atoms with E-state index in [1.807, 2.05) is 25.1 Å². The van der Waals surface area contributed by atoms with Crippen molar-refractivity contribution in [3.05, 3.63) is 69.7 Å². The summed E-state index contributed by atoms with van der Waals surface area (Å²) < 4.78 is 5.82. The highest BCUT2D eigenvalue weighted by atomic mass is 16.5. The van der Waals surface area contributed by atoms with Crippen LogP contribution in [0.2, 0.25) is 0 Å². The summed E-state index contributed by atoms with van der Waals surface area (Å²) in [6, 6.07) is 8.54. The first kappa shape index (κ1) is 21.0. The van der Waals surface area contributed by atoms with Gasteiger partial charge in [0, 0.05) is 24.4 Å². The lowest BCUT2D eigenvalue weighted by molar-refractivity contribution is 0.318. The lowest BCUT2D eigenvalue weighted by Crippen LogP contribution is -2.46. The second-order valence-corrected chi connectivity index (χ2v) is 10.3. The fraction of sp³-hybridized carbons (Fsp3) is 0.407. The highest BCUT2D eigenvalue weighted by molar-refractivity contribution is 5.71. The zero-order valence-electron chi connectivity index (χ0n) is 19.0. The quantitative estimate of drug-likeness (QED) is 0.566. The van der Waals surface area contributed by atoms with Crippen LogP contribution in [0.3, 0.4) is 0 Å². The largest absolute Gasteiger partial charge is 0.462 e. The fourth-order valence-corrected chi connectivity index (χ4v) is 4.96. The molecule has 0 fully saturated rings. The Balaban J connectivity index is 1.74. The molecule has 3 aliphatic heterocycles. The van der Waals surface area contributed by atoms with Gasteiger partial charge in [0.25, 0.3) is 0 Å². The molecule has 3 heterocycles. The van der Waals surface area contributed by atoms with Crippen LogP contribution in [0.4, 0.5) is 5.69 Å². The Kier molecular flexibility index (Phi) is 5.06. The Hall–Kier alpha value is -3.24. The average molecular weight is 412 g/mol. The second kappa shape index (κ2) is 7.47. The summed E-state index contributed by atoms with van der Waals surface area (Å²) in [5, 5.41) is 18.4. The molecule has 3 aliphatic rings. The minimum atomic E-state index is 0.0934. The van der Waals surface area contributed by atoms with E-state index in [2.05, 4.69) is 50.8 Å². The molecular formula is C27H29N3O. The molecule has 4 nitrogen and oxygen atoms in total. The van der Waals surface area contributed by atoms with E-state index in [1.54, 1.807) is 12.2 Å². The molecular weight excluding hydrogens is 382 g/mol. The third-order valence-corrected chi connectivity index (χ3v) is 6.44. The van der Waals surface area contributed by atoms with Crippen LogP contribution in [-0.2, 0) is 16.6 Å². The van der Waals surface area contributed by atoms with Gasteiger partial charge in [-0.1, -0.05) is 33.8 Å². The first-order chi connectivity index (χ1) is 14.6. The van der Waals surface area contributed by atoms with E-state index in [9.17, 15) is 10.5 Å². The number of anilines is 1. The van der Waals surface area contributed by atoms with Crippen molar-refractivity contribution in [2.75, 3.05) is 18.0 Å². The molecule has 1 aromatic carbocycles. The zero-order valence-corrected chi connectivity index (χ0v) is 19.0. The molecule has 0 saturated carbocycles. The smallest absolute Gasteiger partial charge is 0.137 e. The molecule has 0 N–H and O–H groups in total. The second-order valence-electron chi connectivity index (χ2n) is 10.3. The van der Waals surface area contributed by atoms with Gasteiger partial charge in [-0.05, 0) is 77.6 Å². The summed E-state index contributed by atoms with van der Waals surface area (Å²) in [4.78, 5) is 2.58. The van der Waals surface area contributed by atoms with Crippen LogP contribution in [0.15, 0.2) is 53.0 Å². The van der Waals surface area contributed by atoms with E-state index in [-0.39, 0.29) is 16.4 Å². The van der Waals surface area contributed by atoms with Crippen molar-refractivity contribution < 1.29 is 4.74 Å². The van der Waals surface area contributed by atoms with Crippen LogP contribution in [0.25, 0.3) is 6.08 Å². The predicted octanol–water partition coefficient (Wildman–Crippen LogP) is 5.93. The highest BCUT2D eigenvalue weighted by Crippen LogP contribution is 2.47. The van der Waals surface area contributed by atoms with Gasteiger partial charge in [0.2, 0.25) is 0 Å². The van der Waals surface area contributed by atoms with Gasteiger partial charge in [0.05, 0.1) is 0 Å². The first-order valence-electron chi connectivity index (χ1n) is 10.8. The SMILES string of the molecule is CC1=CC(=C(C#N)C#N)C=C(/C=C/c2cc3c4c(c2)C(C)(C)CCN4CC(C)(C)C3)O1. The predicted molar refractivity (Wildman–Crippen MR) is 124 cm³/mol. The van der Waals surface area contributed by atoms with Crippen LogP contribution < -0.4 is 4.90 Å². The summed E-state index contributed by atoms with van der Waals surface area (Å²) in [6.45, 7) is 13.4. The summed E-state index contributed by atoms with van der Waals surface area (Å²) in [7, 11) is 0. The summed E-state index contributed by atoms with van der Waals surface area (Å²) in [5.74, 6) is 1.30. The van der Waals surface area contributed by atoms with E-state index in [4.69, 9.17) is 4.74 Å². The third kappa shape index (κ3) is 4.04. The lowest BCUT2D eigenvalue weighted by Gasteiger charge is -2.48. The number of hydrogen-bond donors (Lipinski definition) is 0. The maximum absolute atomic E-state index is 9.20. The first-order valence-corrected chi connectivity index (χ1v) is 10.8. The van der Waals surface area contributed by atoms with Gasteiger partial charge in [0.15, 0.2) is 0 Å². The number of allylic oxidation sites excluding steroid dienone is 6. The van der Waals surface area contributed by atoms with Crippen molar-refractivity contribution in [1.29, 1.82) is 10.5 Å². The van der Waals surface area contributed by atoms with Crippen LogP contribution in [0.1, 0.15) is 57.7 Å². The van der Waals surface area contributed by atoms with Gasteiger partial charge in [-0.2, -0.15) is 10.5 Å². The van der Waals surface area contributed by atoms with Crippen molar-refractivity contribution in [3.63, 3.8) is 0 Å². The van der Waals surface area contributed by atoms with Crippen molar-refractivity contribution >= 4 is 11.8 Å². The Labute approximate surface area is 185 Å². The van der Waals surface area contributed by atoms with Crippen LogP contribution in [0.5, 0.6) is 0 Å². The summed E-state index contributed by atoms with van der Waals surface area (Å²) in [6.07, 6.45) is 9.71. The number of ether oxygens (including phenoxy) is 1. The standard InChI is InChI=1S/C27H29N3O/c1-18-10-20(22(15-28)16-29)13-23(31-18)7-6-19-11-21-14-26(2,3)17-30-9-8-27(4,5)24(12-19)25(21)30/h6-7,10-13H,8-9,14,17H2,1-5H3/b7-6+. The molecule has 158 valence electrons. The van der Waals surface area contributed by atoms with E-state index in [0.29, 0.717) is 17.1 Å². The summed E-state index contributed by atoms with van der Waals surface area (Å²) in [5.41, 5.74) is 6.54. The molecule has 0 unspecified atom stereocenters. The van der Waals surface area contributed by atoms with E-state index >= 15 is 0 Å². The average Bonchev–Trinajstić information content (AvgIpc) is 2.69. The molecule has 0 atom stereocenters. The van der Waals surface area contributed by atoms with Crippen molar-refractivity contribution in [3.8, 4) is 12.1 Å². The van der Waals surface area contributed by atoms with Gasteiger partial charge < -0.3 is 9.64 Å². The Morgan fingerprint density at radius 3 is 2.55 bits per heavy atom. The van der Waals surface area contributed by atoms with Crippen molar-refractivity contribution in [1.82, 2.24) is 0 Å². The molecule has 0 aliphatic carbocycles. The maximum Gasteiger partial charge on any atom is 0.137 e. The number of hydrogen-bond acceptors (Lipinski definition) is 4. The molecule has 0 saturated heterocycles. The number of nitrogens with zero attached hydrogens (tertiary/aromatic N) is 3. The maximum atomic E-state index is 9.20. The van der Waals surface area contributed by atoms with Gasteiger partial charge in [-0.25, -0.2) is 0 Å². The summed E-state index contributed by atoms with van der Waals surface area (Å²) >= 11 is 0. The molecule has 0 radical (unpaired) electrons. The molecule has 31 heavy (non-hydrogen) atoms. The number of nitriles is 2. The monoisotopic (exact) mass is 411 g/mol. The topological polar surface area (TPSA) is 60.0 Å². The fourth-order valence-electron chi connectivity index (χ4n) is 4.96. The molecule has 4 rings (SSSR count). The minimum Gasteiger partial charge on any atom is -0.462 e. The Morgan fingerprint density at radius 2 is 1.84 bits per heavy atom. The van der Waals surface area contributed by atoms with Crippen molar-refractivity contribution in [2.24, 2.45) is 5.41 Å². The van der Waals surface area contributed by atoms with Gasteiger partial charge in [-0.3, -0.25) is 0 Å². The zero-order chi connectivity index (χ0) is 22.4.